The molecule has 0 radical (unpaired) electrons. The number of nitrogens with one attached hydrogen (secondary N) is 1. The molecule has 3 N–H and O–H groups in total. The van der Waals surface area contributed by atoms with Crippen LogP contribution in [0.3, 0.4) is 0 Å². The summed E-state index contributed by atoms with van der Waals surface area (Å²) in [5, 5.41) is 6.68. The van der Waals surface area contributed by atoms with Gasteiger partial charge in [-0.1, -0.05) is 0 Å². The number of aromatic amines is 1. The lowest BCUT2D eigenvalue weighted by Crippen LogP contribution is -2.29. The standard InChI is InChI=1S/C15H18ClN5O/c1-21-4-2-9(3-5-21)13-12(8-19-20-13)10-6-11(14(16)22)15(17)18-7-10/h6-9H,2-5H2,1H3,(H2,17,18)(H,19,20). The van der Waals surface area contributed by atoms with Gasteiger partial charge in [0.15, 0.2) is 0 Å². The molecule has 0 atom stereocenters. The number of hydrogen-bond acceptors (Lipinski definition) is 5. The smallest absolute Gasteiger partial charge is 0.256 e. The highest BCUT2D eigenvalue weighted by Crippen LogP contribution is 2.34. The van der Waals surface area contributed by atoms with Gasteiger partial charge in [0.1, 0.15) is 5.82 Å². The van der Waals surface area contributed by atoms with Crippen LogP contribution in [-0.4, -0.2) is 45.5 Å². The lowest BCUT2D eigenvalue weighted by Gasteiger charge is -2.28. The average molecular weight is 320 g/mol. The van der Waals surface area contributed by atoms with Crippen molar-refractivity contribution < 1.29 is 4.79 Å². The number of likely N-dealkylation sites (tertiary alicyclic amines) is 1. The van der Waals surface area contributed by atoms with Gasteiger partial charge in [-0.05, 0) is 50.6 Å². The van der Waals surface area contributed by atoms with Crippen molar-refractivity contribution in [3.63, 3.8) is 0 Å². The molecule has 3 heterocycles. The summed E-state index contributed by atoms with van der Waals surface area (Å²) < 4.78 is 0. The monoisotopic (exact) mass is 319 g/mol. The number of piperidine rings is 1. The van der Waals surface area contributed by atoms with Gasteiger partial charge in [-0.25, -0.2) is 4.98 Å². The van der Waals surface area contributed by atoms with Crippen LogP contribution in [0.2, 0.25) is 0 Å². The Hall–Kier alpha value is -1.92. The van der Waals surface area contributed by atoms with Gasteiger partial charge in [-0.3, -0.25) is 9.89 Å². The molecular formula is C15H18ClN5O. The minimum Gasteiger partial charge on any atom is -0.383 e. The first-order valence-corrected chi connectivity index (χ1v) is 7.61. The maximum atomic E-state index is 11.4. The molecule has 1 aliphatic heterocycles. The number of hydrogen-bond donors (Lipinski definition) is 2. The van der Waals surface area contributed by atoms with E-state index in [0.29, 0.717) is 5.92 Å². The Morgan fingerprint density at radius 2 is 2.14 bits per heavy atom. The van der Waals surface area contributed by atoms with Crippen molar-refractivity contribution in [3.05, 3.63) is 29.7 Å². The zero-order valence-corrected chi connectivity index (χ0v) is 13.1. The van der Waals surface area contributed by atoms with Gasteiger partial charge in [0.05, 0.1) is 11.8 Å². The molecule has 0 bridgehead atoms. The Labute approximate surface area is 133 Å². The van der Waals surface area contributed by atoms with Crippen LogP contribution in [-0.2, 0) is 0 Å². The number of anilines is 1. The van der Waals surface area contributed by atoms with E-state index in [1.807, 2.05) is 0 Å². The van der Waals surface area contributed by atoms with Crippen LogP contribution in [0.1, 0.15) is 34.8 Å². The molecule has 0 unspecified atom stereocenters. The molecule has 0 aliphatic carbocycles. The van der Waals surface area contributed by atoms with Crippen molar-refractivity contribution >= 4 is 22.7 Å². The van der Waals surface area contributed by atoms with Crippen LogP contribution in [0.4, 0.5) is 5.82 Å². The summed E-state index contributed by atoms with van der Waals surface area (Å²) in [6, 6.07) is 1.68. The predicted octanol–water partition coefficient (Wildman–Crippen LogP) is 2.24. The zero-order valence-electron chi connectivity index (χ0n) is 12.3. The summed E-state index contributed by atoms with van der Waals surface area (Å²) in [6.45, 7) is 2.13. The molecule has 2 aromatic heterocycles. The normalized spacial score (nSPS) is 16.8. The molecule has 116 valence electrons. The highest BCUT2D eigenvalue weighted by Gasteiger charge is 2.23. The van der Waals surface area contributed by atoms with Gasteiger partial charge in [0, 0.05) is 28.9 Å². The number of carbonyl (C=O) groups is 1. The minimum absolute atomic E-state index is 0.146. The van der Waals surface area contributed by atoms with Crippen LogP contribution < -0.4 is 5.73 Å². The first-order chi connectivity index (χ1) is 10.6. The fraction of sp³-hybridized carbons (Fsp3) is 0.400. The number of nitrogens with zero attached hydrogens (tertiary/aromatic N) is 3. The summed E-state index contributed by atoms with van der Waals surface area (Å²) in [5.41, 5.74) is 8.78. The van der Waals surface area contributed by atoms with E-state index in [4.69, 9.17) is 17.3 Å². The highest BCUT2D eigenvalue weighted by atomic mass is 35.5. The minimum atomic E-state index is -0.601. The second kappa shape index (κ2) is 6.06. The number of nitrogen functional groups attached to an aromatic ring is 1. The quantitative estimate of drug-likeness (QED) is 0.847. The molecule has 1 saturated heterocycles. The van der Waals surface area contributed by atoms with Gasteiger partial charge in [-0.15, -0.1) is 0 Å². The SMILES string of the molecule is CN1CCC(c2[nH]ncc2-c2cnc(N)c(C(=O)Cl)c2)CC1. The first kappa shape index (κ1) is 15.0. The number of carbonyl (C=O) groups excluding carboxylic acids is 1. The Kier molecular flexibility index (Phi) is 4.13. The number of H-pyrrole nitrogens is 1. The number of halogens is 1. The predicted molar refractivity (Wildman–Crippen MR) is 85.9 cm³/mol. The molecule has 6 nitrogen and oxygen atoms in total. The number of aromatic nitrogens is 3. The second-order valence-electron chi connectivity index (χ2n) is 5.71. The van der Waals surface area contributed by atoms with E-state index in [1.54, 1.807) is 18.5 Å². The van der Waals surface area contributed by atoms with Crippen LogP contribution in [0.5, 0.6) is 0 Å². The summed E-state index contributed by atoms with van der Waals surface area (Å²) in [6.07, 6.45) is 5.58. The van der Waals surface area contributed by atoms with E-state index in [9.17, 15) is 4.79 Å². The fourth-order valence-corrected chi connectivity index (χ4v) is 3.07. The van der Waals surface area contributed by atoms with Gasteiger partial charge in [0.2, 0.25) is 0 Å². The van der Waals surface area contributed by atoms with Crippen molar-refractivity contribution in [1.82, 2.24) is 20.1 Å². The average Bonchev–Trinajstić information content (AvgIpc) is 2.97. The third-order valence-corrected chi connectivity index (χ3v) is 4.44. The number of pyridine rings is 1. The van der Waals surface area contributed by atoms with Gasteiger partial charge >= 0.3 is 0 Å². The van der Waals surface area contributed by atoms with Crippen LogP contribution in [0, 0.1) is 0 Å². The van der Waals surface area contributed by atoms with Crippen molar-refractivity contribution in [2.45, 2.75) is 18.8 Å². The second-order valence-corrected chi connectivity index (χ2v) is 6.05. The molecule has 0 aromatic carbocycles. The van der Waals surface area contributed by atoms with Crippen LogP contribution >= 0.6 is 11.6 Å². The molecule has 1 aliphatic rings. The van der Waals surface area contributed by atoms with E-state index < -0.39 is 5.24 Å². The van der Waals surface area contributed by atoms with E-state index in [0.717, 1.165) is 42.8 Å². The summed E-state index contributed by atoms with van der Waals surface area (Å²) in [5.74, 6) is 0.578. The van der Waals surface area contributed by atoms with Gasteiger partial charge in [-0.2, -0.15) is 5.10 Å². The van der Waals surface area contributed by atoms with Crippen LogP contribution in [0.25, 0.3) is 11.1 Å². The Morgan fingerprint density at radius 1 is 1.41 bits per heavy atom. The summed E-state index contributed by atoms with van der Waals surface area (Å²) in [7, 11) is 2.13. The van der Waals surface area contributed by atoms with E-state index in [1.165, 1.54) is 0 Å². The van der Waals surface area contributed by atoms with Crippen LogP contribution in [0.15, 0.2) is 18.5 Å². The molecule has 22 heavy (non-hydrogen) atoms. The van der Waals surface area contributed by atoms with E-state index >= 15 is 0 Å². The Balaban J connectivity index is 1.95. The molecule has 3 rings (SSSR count). The molecule has 0 saturated carbocycles. The molecule has 0 spiro atoms. The zero-order chi connectivity index (χ0) is 15.7. The van der Waals surface area contributed by atoms with Crippen molar-refractivity contribution in [2.24, 2.45) is 0 Å². The first-order valence-electron chi connectivity index (χ1n) is 7.23. The lowest BCUT2D eigenvalue weighted by atomic mass is 9.90. The lowest BCUT2D eigenvalue weighted by molar-refractivity contribution is 0.108. The summed E-state index contributed by atoms with van der Waals surface area (Å²) >= 11 is 5.56. The van der Waals surface area contributed by atoms with Crippen molar-refractivity contribution in [3.8, 4) is 11.1 Å². The molecule has 1 fully saturated rings. The third-order valence-electron chi connectivity index (χ3n) is 4.24. The molecular weight excluding hydrogens is 302 g/mol. The number of nitrogens with two attached hydrogens (primary N) is 1. The van der Waals surface area contributed by atoms with E-state index in [2.05, 4.69) is 27.1 Å². The maximum Gasteiger partial charge on any atom is 0.256 e. The topological polar surface area (TPSA) is 87.9 Å². The molecule has 0 amide bonds. The Morgan fingerprint density at radius 3 is 2.82 bits per heavy atom. The largest absolute Gasteiger partial charge is 0.383 e. The van der Waals surface area contributed by atoms with Crippen molar-refractivity contribution in [1.29, 1.82) is 0 Å². The molecule has 7 heteroatoms. The summed E-state index contributed by atoms with van der Waals surface area (Å²) in [4.78, 5) is 17.8. The van der Waals surface area contributed by atoms with Gasteiger partial charge in [0.25, 0.3) is 5.24 Å². The third kappa shape index (κ3) is 2.84. The fourth-order valence-electron chi connectivity index (χ4n) is 2.91. The highest BCUT2D eigenvalue weighted by molar-refractivity contribution is 6.68. The number of rotatable bonds is 3. The van der Waals surface area contributed by atoms with Crippen molar-refractivity contribution in [2.75, 3.05) is 25.9 Å². The Bertz CT molecular complexity index is 691. The molecule has 2 aromatic rings. The van der Waals surface area contributed by atoms with Gasteiger partial charge < -0.3 is 10.6 Å². The maximum absolute atomic E-state index is 11.4. The van der Waals surface area contributed by atoms with E-state index in [-0.39, 0.29) is 11.4 Å².